The molecule has 1 aromatic carbocycles. The Kier molecular flexibility index (Phi) is 4.45. The maximum absolute atomic E-state index is 5.90. The van der Waals surface area contributed by atoms with Gasteiger partial charge in [-0.05, 0) is 43.9 Å². The first-order valence-electron chi connectivity index (χ1n) is 6.59. The third kappa shape index (κ3) is 2.76. The van der Waals surface area contributed by atoms with Crippen molar-refractivity contribution in [2.75, 3.05) is 6.61 Å². The Labute approximate surface area is 119 Å². The quantitative estimate of drug-likeness (QED) is 0.920. The lowest BCUT2D eigenvalue weighted by Gasteiger charge is -2.24. The van der Waals surface area contributed by atoms with Crippen LogP contribution < -0.4 is 5.73 Å². The van der Waals surface area contributed by atoms with Crippen LogP contribution in [0.4, 0.5) is 0 Å². The molecule has 0 bridgehead atoms. The first kappa shape index (κ1) is 14.3. The molecule has 19 heavy (non-hydrogen) atoms. The van der Waals surface area contributed by atoms with Crippen molar-refractivity contribution in [1.29, 1.82) is 0 Å². The maximum atomic E-state index is 5.90. The highest BCUT2D eigenvalue weighted by Gasteiger charge is 2.17. The smallest absolute Gasteiger partial charge is 0.135 e. The fourth-order valence-electron chi connectivity index (χ4n) is 2.50. The predicted molar refractivity (Wildman–Crippen MR) is 78.4 cm³/mol. The first-order chi connectivity index (χ1) is 8.75. The fraction of sp³-hybridized carbons (Fsp3) is 0.500. The molecule has 0 spiro atoms. The molecule has 2 heterocycles. The first-order valence-corrected chi connectivity index (χ1v) is 6.59. The molecule has 1 unspecified atom stereocenters. The summed E-state index contributed by atoms with van der Waals surface area (Å²) in [4.78, 5) is 4.46. The van der Waals surface area contributed by atoms with Crippen molar-refractivity contribution in [2.24, 2.45) is 5.73 Å². The molecular weight excluding hydrogens is 262 g/mol. The van der Waals surface area contributed by atoms with Crippen molar-refractivity contribution in [1.82, 2.24) is 9.55 Å². The highest BCUT2D eigenvalue weighted by molar-refractivity contribution is 5.85. The molecule has 1 aliphatic heterocycles. The second-order valence-electron chi connectivity index (χ2n) is 5.01. The molecule has 5 heteroatoms. The van der Waals surface area contributed by atoms with E-state index in [1.54, 1.807) is 0 Å². The molecular formula is C14H20ClN3O. The molecule has 0 aliphatic carbocycles. The van der Waals surface area contributed by atoms with Crippen LogP contribution in [0.2, 0.25) is 0 Å². The van der Waals surface area contributed by atoms with E-state index in [9.17, 15) is 0 Å². The van der Waals surface area contributed by atoms with E-state index in [2.05, 4.69) is 27.8 Å². The van der Waals surface area contributed by atoms with Gasteiger partial charge in [0.1, 0.15) is 6.23 Å². The molecule has 0 saturated carbocycles. The van der Waals surface area contributed by atoms with Gasteiger partial charge in [-0.25, -0.2) is 4.98 Å². The van der Waals surface area contributed by atoms with Crippen LogP contribution >= 0.6 is 12.4 Å². The molecule has 1 aliphatic rings. The van der Waals surface area contributed by atoms with Crippen molar-refractivity contribution in [2.45, 2.75) is 38.5 Å². The number of aromatic nitrogens is 2. The Morgan fingerprint density at radius 3 is 2.95 bits per heavy atom. The summed E-state index contributed by atoms with van der Waals surface area (Å²) in [5, 5.41) is 0. The number of nitrogens with two attached hydrogens (primary N) is 1. The molecule has 1 fully saturated rings. The second kappa shape index (κ2) is 5.90. The summed E-state index contributed by atoms with van der Waals surface area (Å²) >= 11 is 0. The van der Waals surface area contributed by atoms with Crippen molar-refractivity contribution in [3.05, 3.63) is 30.1 Å². The number of fused-ring (bicyclic) bond motifs is 1. The fourth-order valence-corrected chi connectivity index (χ4v) is 2.50. The summed E-state index contributed by atoms with van der Waals surface area (Å²) in [6.45, 7) is 2.84. The third-order valence-corrected chi connectivity index (χ3v) is 3.59. The Balaban J connectivity index is 0.00000133. The Morgan fingerprint density at radius 1 is 1.42 bits per heavy atom. The SMILES string of the molecule is C[C@H](N)c1ccc2c(c1)ncn2C1CCCCO1.Cl. The lowest BCUT2D eigenvalue weighted by molar-refractivity contribution is -0.0295. The standard InChI is InChI=1S/C14H19N3O.ClH/c1-10(15)11-5-6-13-12(8-11)16-9-17(13)14-4-2-3-7-18-14;/h5-6,8-10,14H,2-4,7,15H2,1H3;1H/t10-,14?;/m0./s1. The minimum Gasteiger partial charge on any atom is -0.358 e. The van der Waals surface area contributed by atoms with Crippen LogP contribution in [0.1, 0.15) is 44.0 Å². The maximum Gasteiger partial charge on any atom is 0.135 e. The Bertz CT molecular complexity index is 547. The van der Waals surface area contributed by atoms with Gasteiger partial charge in [0.05, 0.1) is 17.4 Å². The summed E-state index contributed by atoms with van der Waals surface area (Å²) in [5.74, 6) is 0. The number of hydrogen-bond donors (Lipinski definition) is 1. The van der Waals surface area contributed by atoms with Gasteiger partial charge in [0.2, 0.25) is 0 Å². The average Bonchev–Trinajstić information content (AvgIpc) is 2.82. The van der Waals surface area contributed by atoms with Crippen molar-refractivity contribution < 1.29 is 4.74 Å². The van der Waals surface area contributed by atoms with Gasteiger partial charge in [0, 0.05) is 12.6 Å². The van der Waals surface area contributed by atoms with Gasteiger partial charge in [-0.2, -0.15) is 0 Å². The molecule has 0 radical (unpaired) electrons. The number of hydrogen-bond acceptors (Lipinski definition) is 3. The van der Waals surface area contributed by atoms with Crippen molar-refractivity contribution in [3.8, 4) is 0 Å². The van der Waals surface area contributed by atoms with E-state index in [-0.39, 0.29) is 24.7 Å². The van der Waals surface area contributed by atoms with E-state index in [4.69, 9.17) is 10.5 Å². The summed E-state index contributed by atoms with van der Waals surface area (Å²) in [5.41, 5.74) is 9.15. The zero-order chi connectivity index (χ0) is 12.5. The molecule has 2 atom stereocenters. The second-order valence-corrected chi connectivity index (χ2v) is 5.01. The molecule has 4 nitrogen and oxygen atoms in total. The van der Waals surface area contributed by atoms with Gasteiger partial charge in [0.25, 0.3) is 0 Å². The number of ether oxygens (including phenoxy) is 1. The molecule has 3 rings (SSSR count). The number of halogens is 1. The van der Waals surface area contributed by atoms with Crippen LogP contribution in [0.3, 0.4) is 0 Å². The third-order valence-electron chi connectivity index (χ3n) is 3.59. The lowest BCUT2D eigenvalue weighted by atomic mass is 10.1. The summed E-state index contributed by atoms with van der Waals surface area (Å²) < 4.78 is 7.94. The van der Waals surface area contributed by atoms with Crippen LogP contribution in [0.15, 0.2) is 24.5 Å². The van der Waals surface area contributed by atoms with E-state index >= 15 is 0 Å². The van der Waals surface area contributed by atoms with Crippen LogP contribution in [0.5, 0.6) is 0 Å². The van der Waals surface area contributed by atoms with Gasteiger partial charge in [0.15, 0.2) is 0 Å². The largest absolute Gasteiger partial charge is 0.358 e. The van der Waals surface area contributed by atoms with E-state index in [1.807, 2.05) is 13.3 Å². The number of benzene rings is 1. The molecule has 2 N–H and O–H groups in total. The van der Waals surface area contributed by atoms with Gasteiger partial charge in [-0.1, -0.05) is 6.07 Å². The summed E-state index contributed by atoms with van der Waals surface area (Å²) in [6.07, 6.45) is 5.48. The topological polar surface area (TPSA) is 53.1 Å². The van der Waals surface area contributed by atoms with Gasteiger partial charge in [-0.15, -0.1) is 12.4 Å². The van der Waals surface area contributed by atoms with Crippen LogP contribution in [-0.4, -0.2) is 16.2 Å². The summed E-state index contributed by atoms with van der Waals surface area (Å²) in [6, 6.07) is 6.29. The molecule has 2 aromatic rings. The van der Waals surface area contributed by atoms with Gasteiger partial charge < -0.3 is 15.0 Å². The van der Waals surface area contributed by atoms with Gasteiger partial charge in [-0.3, -0.25) is 0 Å². The Morgan fingerprint density at radius 2 is 2.26 bits per heavy atom. The Hall–Kier alpha value is -1.10. The van der Waals surface area contributed by atoms with Crippen molar-refractivity contribution >= 4 is 23.4 Å². The van der Waals surface area contributed by atoms with Crippen LogP contribution in [0.25, 0.3) is 11.0 Å². The van der Waals surface area contributed by atoms with Crippen LogP contribution in [0, 0.1) is 0 Å². The van der Waals surface area contributed by atoms with E-state index < -0.39 is 0 Å². The molecule has 1 saturated heterocycles. The monoisotopic (exact) mass is 281 g/mol. The van der Waals surface area contributed by atoms with E-state index in [0.717, 1.165) is 36.0 Å². The minimum atomic E-state index is 0. The normalized spacial score (nSPS) is 21.1. The average molecular weight is 282 g/mol. The zero-order valence-corrected chi connectivity index (χ0v) is 11.9. The number of imidazole rings is 1. The highest BCUT2D eigenvalue weighted by atomic mass is 35.5. The highest BCUT2D eigenvalue weighted by Crippen LogP contribution is 2.27. The number of nitrogens with zero attached hydrogens (tertiary/aromatic N) is 2. The zero-order valence-electron chi connectivity index (χ0n) is 11.1. The lowest BCUT2D eigenvalue weighted by Crippen LogP contribution is -2.17. The van der Waals surface area contributed by atoms with E-state index in [1.165, 1.54) is 6.42 Å². The molecule has 0 amide bonds. The number of rotatable bonds is 2. The minimum absolute atomic E-state index is 0. The van der Waals surface area contributed by atoms with Crippen LogP contribution in [-0.2, 0) is 4.74 Å². The molecule has 104 valence electrons. The molecule has 1 aromatic heterocycles. The van der Waals surface area contributed by atoms with Gasteiger partial charge >= 0.3 is 0 Å². The van der Waals surface area contributed by atoms with E-state index in [0.29, 0.717) is 0 Å². The van der Waals surface area contributed by atoms with Crippen molar-refractivity contribution in [3.63, 3.8) is 0 Å². The predicted octanol–water partition coefficient (Wildman–Crippen LogP) is 3.18. The summed E-state index contributed by atoms with van der Waals surface area (Å²) in [7, 11) is 0.